The number of carbonyl (C=O) groups excluding carboxylic acids is 7. The van der Waals surface area contributed by atoms with Crippen LogP contribution < -0.4 is 27.0 Å². The molecule has 7 amide bonds. The molecule has 1 aromatic carbocycles. The first kappa shape index (κ1) is 40.7. The molecule has 6 N–H and O–H groups in total. The molecule has 0 saturated heterocycles. The van der Waals surface area contributed by atoms with E-state index in [0.717, 1.165) is 31.2 Å². The number of anilines is 1. The summed E-state index contributed by atoms with van der Waals surface area (Å²) in [4.78, 5) is 77.2. The van der Waals surface area contributed by atoms with Crippen LogP contribution in [0.3, 0.4) is 0 Å². The van der Waals surface area contributed by atoms with Gasteiger partial charge < -0.3 is 31.7 Å². The van der Waals surface area contributed by atoms with Gasteiger partial charge in [-0.3, -0.25) is 28.9 Å². The van der Waals surface area contributed by atoms with Crippen molar-refractivity contribution in [3.05, 3.63) is 42.0 Å². The first-order valence-corrected chi connectivity index (χ1v) is 15.2. The lowest BCUT2D eigenvalue weighted by atomic mass is 10.1. The highest BCUT2D eigenvalue weighted by molar-refractivity contribution is 7.39. The predicted octanol–water partition coefficient (Wildman–Crippen LogP) is 2.58. The largest absolute Gasteiger partial charge is 0.458 e. The Kier molecular flexibility index (Phi) is 21.7. The van der Waals surface area contributed by atoms with Crippen molar-refractivity contribution in [3.8, 4) is 0 Å². The molecular formula is C30H47N6O8P. The molecule has 250 valence electrons. The van der Waals surface area contributed by atoms with Crippen molar-refractivity contribution in [1.29, 1.82) is 0 Å². The summed E-state index contributed by atoms with van der Waals surface area (Å²) in [5.41, 5.74) is 5.72. The molecular weight excluding hydrogens is 603 g/mol. The Morgan fingerprint density at radius 2 is 1.60 bits per heavy atom. The number of primary amides is 1. The number of nitrogens with one attached hydrogen (secondary N) is 4. The van der Waals surface area contributed by atoms with E-state index in [2.05, 4.69) is 35.1 Å². The molecule has 1 heterocycles. The lowest BCUT2D eigenvalue weighted by Gasteiger charge is -2.17. The second-order valence-electron chi connectivity index (χ2n) is 10.2. The van der Waals surface area contributed by atoms with Crippen molar-refractivity contribution in [3.63, 3.8) is 0 Å². The van der Waals surface area contributed by atoms with Crippen molar-refractivity contribution in [2.45, 2.75) is 72.4 Å². The summed E-state index contributed by atoms with van der Waals surface area (Å²) in [7, 11) is 1.92. The summed E-state index contributed by atoms with van der Waals surface area (Å²) < 4.78 is 4.79. The van der Waals surface area contributed by atoms with Crippen molar-refractivity contribution in [2.24, 2.45) is 11.7 Å². The van der Waals surface area contributed by atoms with Crippen molar-refractivity contribution >= 4 is 56.7 Å². The standard InChI is InChI=1S/C15H24N2O3.C11H13N2O4P.C4H10N2O/c1-11(2)12(3)16-13(18)7-5-4-6-10-17-14(19)8-9-15(17)20;14-7-12-5-10(15)13-9-3-1-8(2-4-9)6-17-11(16)18;1-2-3-6-4(5)7/h8-9,11-12H,4-7,10H2,1-3H3,(H,16,18);1-4,7H,5-6,18H2,(H,12,14)(H,13,15);2-3H2,1H3,(H3,5,6,7). The molecule has 2 unspecified atom stereocenters. The molecule has 2 rings (SSSR count). The van der Waals surface area contributed by atoms with Crippen LogP contribution in [-0.4, -0.2) is 72.4 Å². The number of urea groups is 1. The van der Waals surface area contributed by atoms with E-state index < -0.39 is 11.7 Å². The van der Waals surface area contributed by atoms with Gasteiger partial charge in [0, 0.05) is 43.4 Å². The zero-order valence-corrected chi connectivity index (χ0v) is 27.6. The van der Waals surface area contributed by atoms with Crippen LogP contribution in [-0.2, 0) is 35.3 Å². The predicted molar refractivity (Wildman–Crippen MR) is 174 cm³/mol. The van der Waals surface area contributed by atoms with Gasteiger partial charge in [-0.1, -0.05) is 39.3 Å². The van der Waals surface area contributed by atoms with Gasteiger partial charge in [-0.05, 0) is 59.0 Å². The number of rotatable bonds is 16. The Balaban J connectivity index is 0.000000715. The summed E-state index contributed by atoms with van der Waals surface area (Å²) >= 11 is 0. The Morgan fingerprint density at radius 1 is 0.978 bits per heavy atom. The van der Waals surface area contributed by atoms with E-state index in [0.29, 0.717) is 37.5 Å². The zero-order chi connectivity index (χ0) is 34.2. The lowest BCUT2D eigenvalue weighted by molar-refractivity contribution is -0.137. The van der Waals surface area contributed by atoms with Crippen LogP contribution in [0.25, 0.3) is 0 Å². The number of unbranched alkanes of at least 4 members (excludes halogenated alkanes) is 2. The molecule has 0 bridgehead atoms. The number of nitrogens with two attached hydrogens (primary N) is 1. The van der Waals surface area contributed by atoms with Crippen molar-refractivity contribution in [1.82, 2.24) is 20.9 Å². The molecule has 1 aliphatic heterocycles. The molecule has 0 radical (unpaired) electrons. The first-order valence-electron chi connectivity index (χ1n) is 14.6. The fraction of sp³-hybridized carbons (Fsp3) is 0.500. The van der Waals surface area contributed by atoms with Crippen LogP contribution in [0.1, 0.15) is 65.4 Å². The van der Waals surface area contributed by atoms with Crippen LogP contribution in [0.2, 0.25) is 0 Å². The van der Waals surface area contributed by atoms with Gasteiger partial charge in [-0.15, -0.1) is 0 Å². The van der Waals surface area contributed by atoms with E-state index in [1.165, 1.54) is 17.1 Å². The SMILES string of the molecule is CC(C)C(C)NC(=O)CCCCCN1C(=O)C=CC1=O.CCCNC(N)=O.O=CNCC(=O)Nc1ccc(COC(=O)P)cc1. The van der Waals surface area contributed by atoms with Crippen LogP contribution in [0, 0.1) is 5.92 Å². The molecule has 0 fully saturated rings. The molecule has 45 heavy (non-hydrogen) atoms. The second-order valence-corrected chi connectivity index (χ2v) is 10.7. The number of imide groups is 1. The van der Waals surface area contributed by atoms with Gasteiger partial charge in [-0.2, -0.15) is 0 Å². The van der Waals surface area contributed by atoms with E-state index in [-0.39, 0.29) is 42.8 Å². The van der Waals surface area contributed by atoms with E-state index in [1.807, 2.05) is 23.1 Å². The minimum atomic E-state index is -0.443. The van der Waals surface area contributed by atoms with E-state index in [1.54, 1.807) is 24.3 Å². The molecule has 2 atom stereocenters. The average molecular weight is 651 g/mol. The summed E-state index contributed by atoms with van der Waals surface area (Å²) in [5.74, 6) is -0.289. The first-order chi connectivity index (χ1) is 21.3. The minimum Gasteiger partial charge on any atom is -0.458 e. The van der Waals surface area contributed by atoms with Crippen LogP contribution in [0.5, 0.6) is 0 Å². The molecule has 15 heteroatoms. The maximum Gasteiger partial charge on any atom is 0.320 e. The Hall–Kier alpha value is -4.32. The fourth-order valence-corrected chi connectivity index (χ4v) is 3.39. The number of amides is 7. The third-order valence-corrected chi connectivity index (χ3v) is 6.26. The Labute approximate surface area is 266 Å². The maximum absolute atomic E-state index is 11.6. The Bertz CT molecular complexity index is 1130. The van der Waals surface area contributed by atoms with Crippen LogP contribution in [0.15, 0.2) is 36.4 Å². The zero-order valence-electron chi connectivity index (χ0n) is 26.4. The van der Waals surface area contributed by atoms with Crippen molar-refractivity contribution in [2.75, 3.05) is 25.0 Å². The molecule has 1 aromatic rings. The van der Waals surface area contributed by atoms with E-state index in [4.69, 9.17) is 10.5 Å². The van der Waals surface area contributed by atoms with Gasteiger partial charge >= 0.3 is 11.7 Å². The minimum absolute atomic E-state index is 0.0705. The average Bonchev–Trinajstić information content (AvgIpc) is 3.31. The number of hydrogen-bond donors (Lipinski definition) is 5. The highest BCUT2D eigenvalue weighted by Crippen LogP contribution is 2.11. The molecule has 0 aromatic heterocycles. The third-order valence-electron chi connectivity index (χ3n) is 6.09. The Morgan fingerprint density at radius 3 is 2.09 bits per heavy atom. The normalized spacial score (nSPS) is 12.2. The van der Waals surface area contributed by atoms with Gasteiger partial charge in [0.25, 0.3) is 11.8 Å². The highest BCUT2D eigenvalue weighted by atomic mass is 31.0. The second kappa shape index (κ2) is 24.1. The van der Waals surface area contributed by atoms with Gasteiger partial charge in [0.15, 0.2) is 0 Å². The number of hydrogen-bond acceptors (Lipinski definition) is 8. The molecule has 0 spiro atoms. The number of nitrogens with zero attached hydrogens (tertiary/aromatic N) is 1. The molecule has 14 nitrogen and oxygen atoms in total. The van der Waals surface area contributed by atoms with Gasteiger partial charge in [-0.25, -0.2) is 9.59 Å². The summed E-state index contributed by atoms with van der Waals surface area (Å²) in [6.45, 7) is 9.34. The maximum atomic E-state index is 11.6. The summed E-state index contributed by atoms with van der Waals surface area (Å²) in [6.07, 6.45) is 6.83. The van der Waals surface area contributed by atoms with E-state index in [9.17, 15) is 33.6 Å². The third kappa shape index (κ3) is 21.1. The number of benzene rings is 1. The monoisotopic (exact) mass is 650 g/mol. The van der Waals surface area contributed by atoms with Crippen LogP contribution >= 0.6 is 9.24 Å². The van der Waals surface area contributed by atoms with E-state index >= 15 is 0 Å². The smallest absolute Gasteiger partial charge is 0.320 e. The highest BCUT2D eigenvalue weighted by Gasteiger charge is 2.22. The number of ether oxygens (including phenoxy) is 1. The fourth-order valence-electron chi connectivity index (χ4n) is 3.30. The van der Waals surface area contributed by atoms with Gasteiger partial charge in [0.2, 0.25) is 18.2 Å². The van der Waals surface area contributed by atoms with Gasteiger partial charge in [0.1, 0.15) is 6.61 Å². The van der Waals surface area contributed by atoms with Crippen molar-refractivity contribution < 1.29 is 38.3 Å². The number of carbonyl (C=O) groups is 7. The molecule has 0 aliphatic carbocycles. The van der Waals surface area contributed by atoms with Crippen LogP contribution in [0.4, 0.5) is 15.3 Å². The quantitative estimate of drug-likeness (QED) is 0.0776. The molecule has 1 aliphatic rings. The summed E-state index contributed by atoms with van der Waals surface area (Å²) in [6, 6.07) is 6.58. The van der Waals surface area contributed by atoms with Gasteiger partial charge in [0.05, 0.1) is 6.54 Å². The topological polar surface area (TPSA) is 206 Å². The molecule has 0 saturated carbocycles. The summed E-state index contributed by atoms with van der Waals surface area (Å²) in [5, 5.41) is 10.2. The lowest BCUT2D eigenvalue weighted by Crippen LogP contribution is -2.35.